The number of aryl methyl sites for hydroxylation is 1. The Morgan fingerprint density at radius 3 is 2.54 bits per heavy atom. The molecule has 9 heteroatoms. The lowest BCUT2D eigenvalue weighted by molar-refractivity contribution is 0.0997. The molecular weight excluding hydrogens is 352 g/mol. The van der Waals surface area contributed by atoms with Gasteiger partial charge in [-0.05, 0) is 36.8 Å². The van der Waals surface area contributed by atoms with Gasteiger partial charge >= 0.3 is 0 Å². The summed E-state index contributed by atoms with van der Waals surface area (Å²) in [7, 11) is 0. The van der Waals surface area contributed by atoms with Crippen molar-refractivity contribution in [3.8, 4) is 0 Å². The number of carbonyl (C=O) groups excluding carboxylic acids is 2. The van der Waals surface area contributed by atoms with Gasteiger partial charge in [-0.3, -0.25) is 14.6 Å². The van der Waals surface area contributed by atoms with E-state index in [-0.39, 0.29) is 10.7 Å². The summed E-state index contributed by atoms with van der Waals surface area (Å²) in [5.74, 6) is -1.14. The predicted octanol–water partition coefficient (Wildman–Crippen LogP) is 2.52. The Bertz CT molecular complexity index is 971. The number of carbonyl (C=O) groups is 2. The number of primary amides is 1. The van der Waals surface area contributed by atoms with Crippen molar-refractivity contribution in [2.45, 2.75) is 6.92 Å². The van der Waals surface area contributed by atoms with Crippen LogP contribution >= 0.6 is 11.3 Å². The van der Waals surface area contributed by atoms with Gasteiger partial charge in [0.15, 0.2) is 10.8 Å². The van der Waals surface area contributed by atoms with Crippen molar-refractivity contribution in [2.75, 3.05) is 16.4 Å². The van der Waals surface area contributed by atoms with Crippen molar-refractivity contribution in [1.29, 1.82) is 0 Å². The van der Waals surface area contributed by atoms with Crippen molar-refractivity contribution in [1.82, 2.24) is 9.97 Å². The molecule has 0 spiro atoms. The van der Waals surface area contributed by atoms with Crippen molar-refractivity contribution >= 4 is 44.7 Å². The second kappa shape index (κ2) is 7.19. The van der Waals surface area contributed by atoms with Crippen LogP contribution in [-0.2, 0) is 0 Å². The van der Waals surface area contributed by atoms with Gasteiger partial charge in [0.2, 0.25) is 0 Å². The fourth-order valence-electron chi connectivity index (χ4n) is 2.14. The molecule has 6 N–H and O–H groups in total. The third-order valence-corrected chi connectivity index (χ3v) is 4.45. The molecule has 132 valence electrons. The van der Waals surface area contributed by atoms with Crippen LogP contribution in [0.4, 0.5) is 21.5 Å². The molecule has 0 radical (unpaired) electrons. The van der Waals surface area contributed by atoms with Gasteiger partial charge in [-0.25, -0.2) is 4.98 Å². The number of nitrogens with two attached hydrogens (primary N) is 2. The zero-order chi connectivity index (χ0) is 18.7. The molecule has 0 saturated heterocycles. The first-order valence-corrected chi connectivity index (χ1v) is 8.41. The van der Waals surface area contributed by atoms with E-state index < -0.39 is 11.8 Å². The number of nitrogens with zero attached hydrogens (tertiary/aromatic N) is 2. The lowest BCUT2D eigenvalue weighted by atomic mass is 10.1. The van der Waals surface area contributed by atoms with Gasteiger partial charge < -0.3 is 22.1 Å². The Morgan fingerprint density at radius 2 is 1.88 bits per heavy atom. The molecule has 0 aliphatic rings. The normalized spacial score (nSPS) is 10.3. The Morgan fingerprint density at radius 1 is 1.15 bits per heavy atom. The summed E-state index contributed by atoms with van der Waals surface area (Å²) in [5, 5.41) is 6.39. The standard InChI is InChI=1S/C17H16N6O2S/c1-9-2-3-10(8-12(9)18)15(25)23-16-13(14(19)24)22-17(26-16)21-11-4-6-20-7-5-11/h2-8H,18H2,1H3,(H2,19,24)(H,23,25)(H,20,21,22). The number of nitrogen functional groups attached to an aromatic ring is 1. The number of aromatic nitrogens is 2. The average Bonchev–Trinajstić information content (AvgIpc) is 3.00. The van der Waals surface area contributed by atoms with Crippen LogP contribution in [0.15, 0.2) is 42.7 Å². The van der Waals surface area contributed by atoms with E-state index >= 15 is 0 Å². The second-order valence-electron chi connectivity index (χ2n) is 5.45. The van der Waals surface area contributed by atoms with E-state index in [0.717, 1.165) is 22.6 Å². The highest BCUT2D eigenvalue weighted by Gasteiger charge is 2.19. The van der Waals surface area contributed by atoms with Crippen LogP contribution in [0.2, 0.25) is 0 Å². The van der Waals surface area contributed by atoms with E-state index in [1.54, 1.807) is 42.7 Å². The molecule has 0 aliphatic carbocycles. The molecule has 3 aromatic rings. The minimum Gasteiger partial charge on any atom is -0.398 e. The van der Waals surface area contributed by atoms with E-state index in [9.17, 15) is 9.59 Å². The fraction of sp³-hybridized carbons (Fsp3) is 0.0588. The molecule has 0 unspecified atom stereocenters. The van der Waals surface area contributed by atoms with Crippen LogP contribution < -0.4 is 22.1 Å². The third kappa shape index (κ3) is 3.78. The van der Waals surface area contributed by atoms with Gasteiger partial charge in [-0.2, -0.15) is 0 Å². The summed E-state index contributed by atoms with van der Waals surface area (Å²) in [6.07, 6.45) is 3.24. The maximum Gasteiger partial charge on any atom is 0.270 e. The molecule has 3 rings (SSSR count). The van der Waals surface area contributed by atoms with Crippen LogP contribution in [0.1, 0.15) is 26.4 Å². The largest absolute Gasteiger partial charge is 0.398 e. The summed E-state index contributed by atoms with van der Waals surface area (Å²) >= 11 is 1.11. The smallest absolute Gasteiger partial charge is 0.270 e. The summed E-state index contributed by atoms with van der Waals surface area (Å²) < 4.78 is 0. The average molecular weight is 368 g/mol. The molecule has 0 saturated carbocycles. The number of benzene rings is 1. The predicted molar refractivity (Wildman–Crippen MR) is 102 cm³/mol. The van der Waals surface area contributed by atoms with Crippen LogP contribution in [0, 0.1) is 6.92 Å². The number of nitrogens with one attached hydrogen (secondary N) is 2. The van der Waals surface area contributed by atoms with Crippen molar-refractivity contribution in [3.05, 3.63) is 59.5 Å². The first-order chi connectivity index (χ1) is 12.4. The summed E-state index contributed by atoms with van der Waals surface area (Å²) in [4.78, 5) is 32.2. The van der Waals surface area contributed by atoms with E-state index in [2.05, 4.69) is 20.6 Å². The Labute approximate surface area is 153 Å². The van der Waals surface area contributed by atoms with Gasteiger partial charge in [-0.15, -0.1) is 0 Å². The zero-order valence-electron chi connectivity index (χ0n) is 13.8. The molecule has 0 aliphatic heterocycles. The van der Waals surface area contributed by atoms with Crippen molar-refractivity contribution in [2.24, 2.45) is 5.73 Å². The SMILES string of the molecule is Cc1ccc(C(=O)Nc2sc(Nc3ccncc3)nc2C(N)=O)cc1N. The molecule has 2 heterocycles. The van der Waals surface area contributed by atoms with Gasteiger partial charge in [0.05, 0.1) is 0 Å². The monoisotopic (exact) mass is 368 g/mol. The third-order valence-electron chi connectivity index (χ3n) is 3.56. The number of pyridine rings is 1. The van der Waals surface area contributed by atoms with Gasteiger partial charge in [0.1, 0.15) is 5.00 Å². The van der Waals surface area contributed by atoms with Gasteiger partial charge in [0, 0.05) is 29.3 Å². The number of rotatable bonds is 5. The number of hydrogen-bond acceptors (Lipinski definition) is 7. The van der Waals surface area contributed by atoms with Crippen LogP contribution in [0.3, 0.4) is 0 Å². The topological polar surface area (TPSA) is 136 Å². The lowest BCUT2D eigenvalue weighted by Crippen LogP contribution is -2.17. The Balaban J connectivity index is 1.85. The van der Waals surface area contributed by atoms with Crippen LogP contribution in [0.5, 0.6) is 0 Å². The quantitative estimate of drug-likeness (QED) is 0.511. The molecule has 26 heavy (non-hydrogen) atoms. The highest BCUT2D eigenvalue weighted by Crippen LogP contribution is 2.31. The second-order valence-corrected chi connectivity index (χ2v) is 6.45. The molecule has 2 aromatic heterocycles. The van der Waals surface area contributed by atoms with E-state index in [1.165, 1.54) is 0 Å². The molecule has 0 bridgehead atoms. The minimum absolute atomic E-state index is 0.0139. The molecule has 1 aromatic carbocycles. The maximum atomic E-state index is 12.5. The van der Waals surface area contributed by atoms with E-state index in [4.69, 9.17) is 11.5 Å². The highest BCUT2D eigenvalue weighted by molar-refractivity contribution is 7.20. The van der Waals surface area contributed by atoms with E-state index in [0.29, 0.717) is 16.4 Å². The summed E-state index contributed by atoms with van der Waals surface area (Å²) in [5.41, 5.74) is 13.7. The molecule has 0 fully saturated rings. The lowest BCUT2D eigenvalue weighted by Gasteiger charge is -2.06. The first kappa shape index (κ1) is 17.4. The molecule has 2 amide bonds. The number of anilines is 4. The van der Waals surface area contributed by atoms with E-state index in [1.807, 2.05) is 6.92 Å². The summed E-state index contributed by atoms with van der Waals surface area (Å²) in [6.45, 7) is 1.85. The minimum atomic E-state index is -0.734. The first-order valence-electron chi connectivity index (χ1n) is 7.59. The number of thiazole rings is 1. The Kier molecular flexibility index (Phi) is 4.81. The summed E-state index contributed by atoms with van der Waals surface area (Å²) in [6, 6.07) is 8.48. The van der Waals surface area contributed by atoms with Crippen molar-refractivity contribution < 1.29 is 9.59 Å². The van der Waals surface area contributed by atoms with Crippen molar-refractivity contribution in [3.63, 3.8) is 0 Å². The van der Waals surface area contributed by atoms with Crippen LogP contribution in [0.25, 0.3) is 0 Å². The molecule has 8 nitrogen and oxygen atoms in total. The highest BCUT2D eigenvalue weighted by atomic mass is 32.1. The fourth-order valence-corrected chi connectivity index (χ4v) is 3.03. The number of hydrogen-bond donors (Lipinski definition) is 4. The van der Waals surface area contributed by atoms with Crippen LogP contribution in [-0.4, -0.2) is 21.8 Å². The zero-order valence-corrected chi connectivity index (χ0v) is 14.6. The van der Waals surface area contributed by atoms with Gasteiger partial charge in [-0.1, -0.05) is 17.4 Å². The number of amides is 2. The van der Waals surface area contributed by atoms with Gasteiger partial charge in [0.25, 0.3) is 11.8 Å². The molecular formula is C17H16N6O2S. The maximum absolute atomic E-state index is 12.5. The molecule has 0 atom stereocenters. The Hall–Kier alpha value is -3.46.